The highest BCUT2D eigenvalue weighted by molar-refractivity contribution is 5.75. The molecule has 0 aliphatic carbocycles. The molecule has 1 aromatic heterocycles. The van der Waals surface area contributed by atoms with Crippen LogP contribution in [0.2, 0.25) is 0 Å². The average molecular weight is 226 g/mol. The molecule has 84 valence electrons. The maximum atomic E-state index is 13.0. The summed E-state index contributed by atoms with van der Waals surface area (Å²) in [5.41, 5.74) is 0.699. The van der Waals surface area contributed by atoms with Crippen molar-refractivity contribution >= 4 is 17.0 Å². The minimum atomic E-state index is -0.968. The standard InChI is InChI=1S/C10H8F2N2O2/c11-6-3-8-9(4-7(6)12)14(5-13-8)2-1-10(15)16/h3-5H,1-2H2,(H,15,16). The van der Waals surface area contributed by atoms with Crippen molar-refractivity contribution in [2.75, 3.05) is 0 Å². The van der Waals surface area contributed by atoms with Gasteiger partial charge in [0.25, 0.3) is 0 Å². The summed E-state index contributed by atoms with van der Waals surface area (Å²) in [7, 11) is 0. The monoisotopic (exact) mass is 226 g/mol. The largest absolute Gasteiger partial charge is 0.481 e. The lowest BCUT2D eigenvalue weighted by atomic mass is 10.3. The van der Waals surface area contributed by atoms with E-state index in [4.69, 9.17) is 5.11 Å². The van der Waals surface area contributed by atoms with Crippen molar-refractivity contribution in [3.63, 3.8) is 0 Å². The van der Waals surface area contributed by atoms with Gasteiger partial charge in [-0.3, -0.25) is 4.79 Å². The Balaban J connectivity index is 2.40. The fourth-order valence-corrected chi connectivity index (χ4v) is 1.45. The van der Waals surface area contributed by atoms with E-state index in [1.54, 1.807) is 0 Å². The predicted octanol–water partition coefficient (Wildman–Crippen LogP) is 1.79. The Bertz CT molecular complexity index is 551. The molecular weight excluding hydrogens is 218 g/mol. The molecule has 6 heteroatoms. The summed E-state index contributed by atoms with van der Waals surface area (Å²) in [5.74, 6) is -2.88. The topological polar surface area (TPSA) is 55.1 Å². The minimum absolute atomic E-state index is 0.0928. The summed E-state index contributed by atoms with van der Waals surface area (Å²) in [5, 5.41) is 8.52. The molecule has 0 saturated carbocycles. The third-order valence-electron chi connectivity index (χ3n) is 2.23. The molecule has 1 heterocycles. The van der Waals surface area contributed by atoms with Gasteiger partial charge >= 0.3 is 5.97 Å². The molecule has 0 saturated heterocycles. The fraction of sp³-hybridized carbons (Fsp3) is 0.200. The second kappa shape index (κ2) is 3.88. The van der Waals surface area contributed by atoms with Crippen molar-refractivity contribution in [1.82, 2.24) is 9.55 Å². The van der Waals surface area contributed by atoms with Gasteiger partial charge in [-0.1, -0.05) is 0 Å². The van der Waals surface area contributed by atoms with Crippen LogP contribution in [0.1, 0.15) is 6.42 Å². The molecule has 0 unspecified atom stereocenters. The molecule has 4 nitrogen and oxygen atoms in total. The van der Waals surface area contributed by atoms with Gasteiger partial charge in [-0.2, -0.15) is 0 Å². The first-order valence-electron chi connectivity index (χ1n) is 4.59. The van der Waals surface area contributed by atoms with E-state index in [0.717, 1.165) is 12.1 Å². The summed E-state index contributed by atoms with van der Waals surface area (Å²) in [6.07, 6.45) is 1.27. The van der Waals surface area contributed by atoms with Gasteiger partial charge in [-0.05, 0) is 0 Å². The summed E-state index contributed by atoms with van der Waals surface area (Å²) in [4.78, 5) is 14.2. The fourth-order valence-electron chi connectivity index (χ4n) is 1.45. The second-order valence-corrected chi connectivity index (χ2v) is 3.34. The number of carbonyl (C=O) groups is 1. The Morgan fingerprint density at radius 2 is 2.06 bits per heavy atom. The van der Waals surface area contributed by atoms with E-state index in [9.17, 15) is 13.6 Å². The molecule has 2 rings (SSSR count). The van der Waals surface area contributed by atoms with Crippen LogP contribution in [-0.2, 0) is 11.3 Å². The normalized spacial score (nSPS) is 10.9. The van der Waals surface area contributed by atoms with Gasteiger partial charge in [0.15, 0.2) is 11.6 Å². The Kier molecular flexibility index (Phi) is 2.55. The zero-order valence-electron chi connectivity index (χ0n) is 8.15. The number of aliphatic carboxylic acids is 1. The first-order chi connectivity index (χ1) is 7.58. The van der Waals surface area contributed by atoms with Gasteiger partial charge < -0.3 is 9.67 Å². The maximum Gasteiger partial charge on any atom is 0.305 e. The highest BCUT2D eigenvalue weighted by atomic mass is 19.2. The summed E-state index contributed by atoms with van der Waals surface area (Å²) in [6, 6.07) is 2.00. The Hall–Kier alpha value is -1.98. The average Bonchev–Trinajstić information content (AvgIpc) is 2.58. The van der Waals surface area contributed by atoms with E-state index in [2.05, 4.69) is 4.98 Å². The highest BCUT2D eigenvalue weighted by Gasteiger charge is 2.09. The second-order valence-electron chi connectivity index (χ2n) is 3.34. The van der Waals surface area contributed by atoms with Crippen molar-refractivity contribution in [3.05, 3.63) is 30.1 Å². The summed E-state index contributed by atoms with van der Waals surface area (Å²) in [6.45, 7) is 0.177. The smallest absolute Gasteiger partial charge is 0.305 e. The molecular formula is C10H8F2N2O2. The van der Waals surface area contributed by atoms with Crippen molar-refractivity contribution in [2.45, 2.75) is 13.0 Å². The first kappa shape index (κ1) is 10.5. The minimum Gasteiger partial charge on any atom is -0.481 e. The number of carboxylic acid groups (broad SMARTS) is 1. The number of hydrogen-bond donors (Lipinski definition) is 1. The Morgan fingerprint density at radius 3 is 2.75 bits per heavy atom. The number of imidazole rings is 1. The van der Waals surface area contributed by atoms with Crippen LogP contribution in [0.4, 0.5) is 8.78 Å². The van der Waals surface area contributed by atoms with E-state index < -0.39 is 17.6 Å². The molecule has 16 heavy (non-hydrogen) atoms. The van der Waals surface area contributed by atoms with Crippen LogP contribution in [0.5, 0.6) is 0 Å². The van der Waals surface area contributed by atoms with Crippen LogP contribution in [0.15, 0.2) is 18.5 Å². The summed E-state index contributed by atoms with van der Waals surface area (Å²) < 4.78 is 27.3. The number of hydrogen-bond acceptors (Lipinski definition) is 2. The Labute approximate surface area is 89.1 Å². The molecule has 2 aromatic rings. The van der Waals surface area contributed by atoms with Crippen molar-refractivity contribution < 1.29 is 18.7 Å². The van der Waals surface area contributed by atoms with Gasteiger partial charge in [0.1, 0.15) is 0 Å². The number of carboxylic acids is 1. The molecule has 0 bridgehead atoms. The van der Waals surface area contributed by atoms with Crippen LogP contribution in [0, 0.1) is 11.6 Å². The molecule has 1 N–H and O–H groups in total. The summed E-state index contributed by atoms with van der Waals surface area (Å²) >= 11 is 0. The zero-order chi connectivity index (χ0) is 11.7. The SMILES string of the molecule is O=C(O)CCn1cnc2cc(F)c(F)cc21. The van der Waals surface area contributed by atoms with E-state index in [-0.39, 0.29) is 13.0 Å². The van der Waals surface area contributed by atoms with Crippen molar-refractivity contribution in [2.24, 2.45) is 0 Å². The van der Waals surface area contributed by atoms with E-state index in [0.29, 0.717) is 11.0 Å². The van der Waals surface area contributed by atoms with Gasteiger partial charge in [-0.25, -0.2) is 13.8 Å². The lowest BCUT2D eigenvalue weighted by molar-refractivity contribution is -0.137. The van der Waals surface area contributed by atoms with Crippen LogP contribution in [0.3, 0.4) is 0 Å². The number of aromatic nitrogens is 2. The predicted molar refractivity (Wildman–Crippen MR) is 51.9 cm³/mol. The van der Waals surface area contributed by atoms with Crippen LogP contribution in [0.25, 0.3) is 11.0 Å². The first-order valence-corrected chi connectivity index (χ1v) is 4.59. The van der Waals surface area contributed by atoms with E-state index in [1.165, 1.54) is 10.9 Å². The van der Waals surface area contributed by atoms with Crippen LogP contribution < -0.4 is 0 Å². The molecule has 1 aromatic carbocycles. The van der Waals surface area contributed by atoms with E-state index in [1.807, 2.05) is 0 Å². The number of fused-ring (bicyclic) bond motifs is 1. The number of nitrogens with zero attached hydrogens (tertiary/aromatic N) is 2. The number of benzene rings is 1. The quantitative estimate of drug-likeness (QED) is 0.868. The number of halogens is 2. The number of rotatable bonds is 3. The third kappa shape index (κ3) is 1.86. The van der Waals surface area contributed by atoms with Crippen LogP contribution in [-0.4, -0.2) is 20.6 Å². The van der Waals surface area contributed by atoms with Gasteiger partial charge in [0, 0.05) is 18.7 Å². The third-order valence-corrected chi connectivity index (χ3v) is 2.23. The molecule has 0 amide bonds. The lowest BCUT2D eigenvalue weighted by Gasteiger charge is -2.01. The van der Waals surface area contributed by atoms with Crippen molar-refractivity contribution in [1.29, 1.82) is 0 Å². The van der Waals surface area contributed by atoms with Gasteiger partial charge in [-0.15, -0.1) is 0 Å². The van der Waals surface area contributed by atoms with Gasteiger partial charge in [0.2, 0.25) is 0 Å². The molecule has 0 radical (unpaired) electrons. The highest BCUT2D eigenvalue weighted by Crippen LogP contribution is 2.17. The van der Waals surface area contributed by atoms with Gasteiger partial charge in [0.05, 0.1) is 23.8 Å². The molecule has 0 aliphatic rings. The Morgan fingerprint density at radius 1 is 1.38 bits per heavy atom. The zero-order valence-corrected chi connectivity index (χ0v) is 8.15. The number of aryl methyl sites for hydroxylation is 1. The lowest BCUT2D eigenvalue weighted by Crippen LogP contribution is -2.03. The molecule has 0 spiro atoms. The molecule has 0 fully saturated rings. The van der Waals surface area contributed by atoms with Crippen molar-refractivity contribution in [3.8, 4) is 0 Å². The van der Waals surface area contributed by atoms with Crippen LogP contribution >= 0.6 is 0 Å². The molecule has 0 atom stereocenters. The maximum absolute atomic E-state index is 13.0. The molecule has 0 aliphatic heterocycles. The van der Waals surface area contributed by atoms with E-state index >= 15 is 0 Å².